The van der Waals surface area contributed by atoms with Crippen LogP contribution in [-0.2, 0) is 0 Å². The van der Waals surface area contributed by atoms with Gasteiger partial charge in [0.05, 0.1) is 0 Å². The molecule has 0 bridgehead atoms. The van der Waals surface area contributed by atoms with Gasteiger partial charge in [-0.25, -0.2) is 4.98 Å². The lowest BCUT2D eigenvalue weighted by Gasteiger charge is -2.06. The van der Waals surface area contributed by atoms with Crippen molar-refractivity contribution in [2.24, 2.45) is 5.41 Å². The van der Waals surface area contributed by atoms with Crippen LogP contribution in [0.15, 0.2) is 24.4 Å². The van der Waals surface area contributed by atoms with Crippen LogP contribution < -0.4 is 0 Å². The Bertz CT molecular complexity index is 295. The van der Waals surface area contributed by atoms with E-state index in [1.165, 1.54) is 0 Å². The van der Waals surface area contributed by atoms with Gasteiger partial charge in [-0.05, 0) is 38.8 Å². The molecule has 1 heteroatoms. The van der Waals surface area contributed by atoms with Gasteiger partial charge in [0.2, 0.25) is 0 Å². The molecule has 12 heavy (non-hydrogen) atoms. The molecule has 0 radical (unpaired) electrons. The van der Waals surface area contributed by atoms with Crippen LogP contribution in [0.25, 0.3) is 0 Å². The maximum absolute atomic E-state index is 4.11. The topological polar surface area (TPSA) is 12.9 Å². The van der Waals surface area contributed by atoms with Gasteiger partial charge in [-0.15, -0.1) is 0 Å². The Morgan fingerprint density at radius 2 is 2.00 bits per heavy atom. The number of hydrogen-bond donors (Lipinski definition) is 0. The highest BCUT2D eigenvalue weighted by atomic mass is 14.6. The zero-order valence-electron chi connectivity index (χ0n) is 7.76. The molecule has 1 aromatic heterocycles. The van der Waals surface area contributed by atoms with E-state index >= 15 is 0 Å². The van der Waals surface area contributed by atoms with Crippen molar-refractivity contribution >= 4 is 0 Å². The SMILES string of the molecule is CC(C)(C)C#Cc1ccccn1. The lowest BCUT2D eigenvalue weighted by Crippen LogP contribution is -1.99. The molecule has 0 aliphatic carbocycles. The molecule has 0 aliphatic rings. The standard InChI is InChI=1S/C11H13N/c1-11(2,3)8-7-10-6-4-5-9-12-10/h4-6,9H,1-3H3. The monoisotopic (exact) mass is 159 g/mol. The molecule has 1 heterocycles. The van der Waals surface area contributed by atoms with Gasteiger partial charge in [0.15, 0.2) is 0 Å². The van der Waals surface area contributed by atoms with Gasteiger partial charge >= 0.3 is 0 Å². The molecule has 0 aromatic carbocycles. The van der Waals surface area contributed by atoms with Crippen LogP contribution in [0.5, 0.6) is 0 Å². The van der Waals surface area contributed by atoms with Crippen molar-refractivity contribution in [3.8, 4) is 11.8 Å². The summed E-state index contributed by atoms with van der Waals surface area (Å²) in [5, 5.41) is 0. The average molecular weight is 159 g/mol. The molecule has 62 valence electrons. The quantitative estimate of drug-likeness (QED) is 0.530. The predicted molar refractivity (Wildman–Crippen MR) is 50.6 cm³/mol. The van der Waals surface area contributed by atoms with Crippen LogP contribution in [0.4, 0.5) is 0 Å². The number of aromatic nitrogens is 1. The minimum absolute atomic E-state index is 0.0531. The number of rotatable bonds is 0. The molecule has 0 N–H and O–H groups in total. The van der Waals surface area contributed by atoms with E-state index in [2.05, 4.69) is 37.6 Å². The second-order valence-corrected chi connectivity index (χ2v) is 3.71. The van der Waals surface area contributed by atoms with Crippen molar-refractivity contribution in [2.45, 2.75) is 20.8 Å². The maximum Gasteiger partial charge on any atom is 0.113 e. The fourth-order valence-electron chi connectivity index (χ4n) is 0.688. The van der Waals surface area contributed by atoms with Gasteiger partial charge in [-0.2, -0.15) is 0 Å². The van der Waals surface area contributed by atoms with Crippen LogP contribution in [0.2, 0.25) is 0 Å². The zero-order chi connectivity index (χ0) is 9.03. The molecule has 0 unspecified atom stereocenters. The fourth-order valence-corrected chi connectivity index (χ4v) is 0.688. The average Bonchev–Trinajstić information content (AvgIpc) is 2.02. The maximum atomic E-state index is 4.11. The summed E-state index contributed by atoms with van der Waals surface area (Å²) >= 11 is 0. The summed E-state index contributed by atoms with van der Waals surface area (Å²) in [5.74, 6) is 6.15. The molecule has 0 atom stereocenters. The predicted octanol–water partition coefficient (Wildman–Crippen LogP) is 2.48. The van der Waals surface area contributed by atoms with Gasteiger partial charge in [-0.3, -0.25) is 0 Å². The van der Waals surface area contributed by atoms with Crippen molar-refractivity contribution in [1.82, 2.24) is 4.98 Å². The van der Waals surface area contributed by atoms with Gasteiger partial charge < -0.3 is 0 Å². The first kappa shape index (κ1) is 8.80. The Kier molecular flexibility index (Phi) is 2.50. The normalized spacial score (nSPS) is 10.2. The number of nitrogens with zero attached hydrogens (tertiary/aromatic N) is 1. The van der Waals surface area contributed by atoms with Crippen LogP contribution in [-0.4, -0.2) is 4.98 Å². The van der Waals surface area contributed by atoms with E-state index in [1.54, 1.807) is 6.20 Å². The third kappa shape index (κ3) is 3.21. The molecule has 1 aromatic rings. The van der Waals surface area contributed by atoms with Gasteiger partial charge in [0.25, 0.3) is 0 Å². The van der Waals surface area contributed by atoms with E-state index < -0.39 is 0 Å². The summed E-state index contributed by atoms with van der Waals surface area (Å²) < 4.78 is 0. The molecular formula is C11H13N. The summed E-state index contributed by atoms with van der Waals surface area (Å²) in [6.45, 7) is 6.26. The first-order chi connectivity index (χ1) is 5.58. The van der Waals surface area contributed by atoms with Gasteiger partial charge in [0, 0.05) is 11.6 Å². The van der Waals surface area contributed by atoms with Crippen LogP contribution in [0.1, 0.15) is 26.5 Å². The Balaban J connectivity index is 2.81. The van der Waals surface area contributed by atoms with Crippen molar-refractivity contribution < 1.29 is 0 Å². The van der Waals surface area contributed by atoms with Crippen molar-refractivity contribution in [3.63, 3.8) is 0 Å². The van der Waals surface area contributed by atoms with Crippen molar-refractivity contribution in [2.75, 3.05) is 0 Å². The summed E-state index contributed by atoms with van der Waals surface area (Å²) in [4.78, 5) is 4.11. The van der Waals surface area contributed by atoms with Gasteiger partial charge in [-0.1, -0.05) is 12.0 Å². The molecular weight excluding hydrogens is 146 g/mol. The van der Waals surface area contributed by atoms with E-state index in [9.17, 15) is 0 Å². The van der Waals surface area contributed by atoms with Gasteiger partial charge in [0.1, 0.15) is 5.69 Å². The molecule has 0 amide bonds. The first-order valence-electron chi connectivity index (χ1n) is 4.02. The van der Waals surface area contributed by atoms with E-state index in [4.69, 9.17) is 0 Å². The van der Waals surface area contributed by atoms with Crippen LogP contribution in [0.3, 0.4) is 0 Å². The van der Waals surface area contributed by atoms with Crippen LogP contribution in [0, 0.1) is 17.3 Å². The van der Waals surface area contributed by atoms with E-state index in [0.29, 0.717) is 0 Å². The molecule has 0 fully saturated rings. The minimum Gasteiger partial charge on any atom is -0.248 e. The number of hydrogen-bond acceptors (Lipinski definition) is 1. The smallest absolute Gasteiger partial charge is 0.113 e. The highest BCUT2D eigenvalue weighted by molar-refractivity contribution is 5.28. The number of pyridine rings is 1. The Morgan fingerprint density at radius 3 is 2.50 bits per heavy atom. The first-order valence-corrected chi connectivity index (χ1v) is 4.02. The third-order valence-corrected chi connectivity index (χ3v) is 1.23. The van der Waals surface area contributed by atoms with Crippen LogP contribution >= 0.6 is 0 Å². The second-order valence-electron chi connectivity index (χ2n) is 3.71. The molecule has 0 saturated carbocycles. The molecule has 0 spiro atoms. The lowest BCUT2D eigenvalue weighted by atomic mass is 9.98. The van der Waals surface area contributed by atoms with E-state index in [-0.39, 0.29) is 5.41 Å². The minimum atomic E-state index is 0.0531. The summed E-state index contributed by atoms with van der Waals surface area (Å²) in [6.07, 6.45) is 1.76. The Hall–Kier alpha value is -1.29. The summed E-state index contributed by atoms with van der Waals surface area (Å²) in [6, 6.07) is 5.75. The second kappa shape index (κ2) is 3.40. The highest BCUT2D eigenvalue weighted by Gasteiger charge is 2.02. The Labute approximate surface area is 73.8 Å². The summed E-state index contributed by atoms with van der Waals surface area (Å²) in [5.41, 5.74) is 0.893. The van der Waals surface area contributed by atoms with E-state index in [1.807, 2.05) is 18.2 Å². The fraction of sp³-hybridized carbons (Fsp3) is 0.364. The third-order valence-electron chi connectivity index (χ3n) is 1.23. The Morgan fingerprint density at radius 1 is 1.25 bits per heavy atom. The molecule has 0 saturated heterocycles. The summed E-state index contributed by atoms with van der Waals surface area (Å²) in [7, 11) is 0. The molecule has 0 aliphatic heterocycles. The van der Waals surface area contributed by atoms with Crippen molar-refractivity contribution in [1.29, 1.82) is 0 Å². The van der Waals surface area contributed by atoms with E-state index in [0.717, 1.165) is 5.69 Å². The largest absolute Gasteiger partial charge is 0.248 e. The molecule has 1 nitrogen and oxygen atoms in total. The molecule has 1 rings (SSSR count). The lowest BCUT2D eigenvalue weighted by molar-refractivity contribution is 0.571. The van der Waals surface area contributed by atoms with Crippen molar-refractivity contribution in [3.05, 3.63) is 30.1 Å². The highest BCUT2D eigenvalue weighted by Crippen LogP contribution is 2.10. The zero-order valence-corrected chi connectivity index (χ0v) is 7.76.